The Labute approximate surface area is 109 Å². The second-order valence-electron chi connectivity index (χ2n) is 3.84. The summed E-state index contributed by atoms with van der Waals surface area (Å²) < 4.78 is 26.4. The van der Waals surface area contributed by atoms with Crippen LogP contribution in [0.3, 0.4) is 0 Å². The van der Waals surface area contributed by atoms with Crippen molar-refractivity contribution in [2.75, 3.05) is 18.6 Å². The number of hydrogen-bond donors (Lipinski definition) is 2. The van der Waals surface area contributed by atoms with Crippen molar-refractivity contribution in [3.63, 3.8) is 0 Å². The van der Waals surface area contributed by atoms with Crippen molar-refractivity contribution in [2.24, 2.45) is 5.92 Å². The van der Waals surface area contributed by atoms with E-state index in [4.69, 9.17) is 0 Å². The Bertz CT molecular complexity index is 518. The van der Waals surface area contributed by atoms with Gasteiger partial charge in [0.15, 0.2) is 4.21 Å². The zero-order valence-corrected chi connectivity index (χ0v) is 12.4. The summed E-state index contributed by atoms with van der Waals surface area (Å²) in [5.74, 6) is 1.15. The highest BCUT2D eigenvalue weighted by molar-refractivity contribution is 7.98. The number of aromatic nitrogens is 1. The SMILES string of the molecule is CSCC(C)CNS(=O)(=O)c1sc(=O)[nH]c1C. The molecule has 17 heavy (non-hydrogen) atoms. The lowest BCUT2D eigenvalue weighted by Crippen LogP contribution is -2.29. The Balaban J connectivity index is 2.76. The molecule has 0 spiro atoms. The van der Waals surface area contributed by atoms with Crippen LogP contribution in [0.15, 0.2) is 9.00 Å². The fraction of sp³-hybridized carbons (Fsp3) is 0.667. The first kappa shape index (κ1) is 14.7. The van der Waals surface area contributed by atoms with Crippen LogP contribution < -0.4 is 9.60 Å². The van der Waals surface area contributed by atoms with Crippen LogP contribution in [0.5, 0.6) is 0 Å². The molecule has 0 saturated heterocycles. The van der Waals surface area contributed by atoms with Crippen LogP contribution in [0.25, 0.3) is 0 Å². The Hall–Kier alpha value is -0.310. The van der Waals surface area contributed by atoms with Crippen molar-refractivity contribution in [2.45, 2.75) is 18.1 Å². The molecular formula is C9H16N2O3S3. The molecule has 0 aromatic carbocycles. The standard InChI is InChI=1S/C9H16N2O3S3/c1-6(5-15-3)4-10-17(13,14)8-7(2)11-9(12)16-8/h6,10H,4-5H2,1-3H3,(H,11,12). The van der Waals surface area contributed by atoms with Gasteiger partial charge in [-0.05, 0) is 24.9 Å². The summed E-state index contributed by atoms with van der Waals surface area (Å²) in [7, 11) is -3.56. The summed E-state index contributed by atoms with van der Waals surface area (Å²) in [6.45, 7) is 3.94. The largest absolute Gasteiger partial charge is 0.315 e. The molecule has 0 aliphatic carbocycles. The smallest absolute Gasteiger partial charge is 0.305 e. The topological polar surface area (TPSA) is 79.0 Å². The highest BCUT2D eigenvalue weighted by Crippen LogP contribution is 2.15. The van der Waals surface area contributed by atoms with Gasteiger partial charge < -0.3 is 4.98 Å². The van der Waals surface area contributed by atoms with Crippen LogP contribution in [-0.2, 0) is 10.0 Å². The summed E-state index contributed by atoms with van der Waals surface area (Å²) in [6.07, 6.45) is 1.98. The molecule has 0 aliphatic heterocycles. The summed E-state index contributed by atoms with van der Waals surface area (Å²) in [5, 5.41) is 0. The van der Waals surface area contributed by atoms with Crippen LogP contribution >= 0.6 is 23.1 Å². The molecule has 0 bridgehead atoms. The van der Waals surface area contributed by atoms with E-state index < -0.39 is 10.0 Å². The van der Waals surface area contributed by atoms with E-state index in [1.165, 1.54) is 0 Å². The molecule has 1 aromatic heterocycles. The van der Waals surface area contributed by atoms with Gasteiger partial charge in [0.1, 0.15) is 0 Å². The predicted octanol–water partition coefficient (Wildman–Crippen LogP) is 1.02. The second-order valence-corrected chi connectivity index (χ2v) is 7.70. The van der Waals surface area contributed by atoms with E-state index in [9.17, 15) is 13.2 Å². The van der Waals surface area contributed by atoms with Gasteiger partial charge in [-0.1, -0.05) is 18.3 Å². The van der Waals surface area contributed by atoms with E-state index in [0.29, 0.717) is 12.2 Å². The number of aryl methyl sites for hydroxylation is 1. The van der Waals surface area contributed by atoms with Crippen molar-refractivity contribution in [1.29, 1.82) is 0 Å². The van der Waals surface area contributed by atoms with Gasteiger partial charge in [0, 0.05) is 12.2 Å². The van der Waals surface area contributed by atoms with Crippen LogP contribution in [0, 0.1) is 12.8 Å². The van der Waals surface area contributed by atoms with Crippen LogP contribution in [0.1, 0.15) is 12.6 Å². The normalized spacial score (nSPS) is 13.8. The Morgan fingerprint density at radius 2 is 2.18 bits per heavy atom. The van der Waals surface area contributed by atoms with Gasteiger partial charge in [0.05, 0.1) is 0 Å². The first-order valence-electron chi connectivity index (χ1n) is 5.05. The van der Waals surface area contributed by atoms with Crippen molar-refractivity contribution in [3.8, 4) is 0 Å². The lowest BCUT2D eigenvalue weighted by molar-refractivity contribution is 0.564. The van der Waals surface area contributed by atoms with Crippen molar-refractivity contribution in [1.82, 2.24) is 9.71 Å². The number of hydrogen-bond acceptors (Lipinski definition) is 5. The third-order valence-electron chi connectivity index (χ3n) is 2.10. The first-order chi connectivity index (χ1) is 7.86. The summed E-state index contributed by atoms with van der Waals surface area (Å²) in [5.41, 5.74) is 0.394. The van der Waals surface area contributed by atoms with Crippen LogP contribution in [0.2, 0.25) is 0 Å². The Morgan fingerprint density at radius 3 is 2.65 bits per heavy atom. The van der Waals surface area contributed by atoms with Gasteiger partial charge >= 0.3 is 4.87 Å². The zero-order chi connectivity index (χ0) is 13.1. The maximum Gasteiger partial charge on any atom is 0.305 e. The highest BCUT2D eigenvalue weighted by Gasteiger charge is 2.20. The number of aromatic amines is 1. The molecule has 1 unspecified atom stereocenters. The first-order valence-corrected chi connectivity index (χ1v) is 8.74. The summed E-state index contributed by atoms with van der Waals surface area (Å²) >= 11 is 2.39. The number of rotatable bonds is 6. The number of thiazole rings is 1. The molecular weight excluding hydrogens is 280 g/mol. The molecule has 1 rings (SSSR count). The minimum Gasteiger partial charge on any atom is -0.315 e. The van der Waals surface area contributed by atoms with Crippen molar-refractivity contribution < 1.29 is 8.42 Å². The molecule has 2 N–H and O–H groups in total. The zero-order valence-electron chi connectivity index (χ0n) is 9.94. The third-order valence-corrected chi connectivity index (χ3v) is 6.03. The van der Waals surface area contributed by atoms with E-state index in [-0.39, 0.29) is 15.0 Å². The van der Waals surface area contributed by atoms with Gasteiger partial charge in [-0.25, -0.2) is 13.1 Å². The minimum atomic E-state index is -3.56. The minimum absolute atomic E-state index is 0.0823. The second kappa shape index (κ2) is 6.03. The molecule has 5 nitrogen and oxygen atoms in total. The van der Waals surface area contributed by atoms with Crippen molar-refractivity contribution >= 4 is 33.1 Å². The highest BCUT2D eigenvalue weighted by atomic mass is 32.2. The summed E-state index contributed by atoms with van der Waals surface area (Å²) in [4.78, 5) is 13.2. The summed E-state index contributed by atoms with van der Waals surface area (Å²) in [6, 6.07) is 0. The number of H-pyrrole nitrogens is 1. The van der Waals surface area contributed by atoms with Gasteiger partial charge in [-0.3, -0.25) is 4.79 Å². The van der Waals surface area contributed by atoms with Gasteiger partial charge in [0.25, 0.3) is 10.0 Å². The molecule has 1 aromatic rings. The van der Waals surface area contributed by atoms with E-state index in [0.717, 1.165) is 17.1 Å². The Kier molecular flexibility index (Phi) is 5.23. The average Bonchev–Trinajstić information content (AvgIpc) is 2.56. The molecule has 0 saturated carbocycles. The monoisotopic (exact) mass is 296 g/mol. The van der Waals surface area contributed by atoms with Gasteiger partial charge in [-0.2, -0.15) is 11.8 Å². The molecule has 0 fully saturated rings. The molecule has 8 heteroatoms. The van der Waals surface area contributed by atoms with Gasteiger partial charge in [0.2, 0.25) is 0 Å². The fourth-order valence-corrected chi connectivity index (χ4v) is 4.50. The lowest BCUT2D eigenvalue weighted by atomic mass is 10.2. The quantitative estimate of drug-likeness (QED) is 0.821. The number of nitrogens with one attached hydrogen (secondary N) is 2. The molecule has 0 aliphatic rings. The third kappa shape index (κ3) is 4.13. The lowest BCUT2D eigenvalue weighted by Gasteiger charge is -2.10. The maximum atomic E-state index is 11.9. The fourth-order valence-electron chi connectivity index (χ4n) is 1.31. The predicted molar refractivity (Wildman–Crippen MR) is 72.4 cm³/mol. The number of thioether (sulfide) groups is 1. The van der Waals surface area contributed by atoms with E-state index in [1.54, 1.807) is 18.7 Å². The van der Waals surface area contributed by atoms with Crippen LogP contribution in [0.4, 0.5) is 0 Å². The molecule has 1 heterocycles. The maximum absolute atomic E-state index is 11.9. The van der Waals surface area contributed by atoms with Crippen LogP contribution in [-0.4, -0.2) is 32.0 Å². The number of sulfonamides is 1. The molecule has 0 amide bonds. The Morgan fingerprint density at radius 1 is 1.53 bits per heavy atom. The molecule has 1 atom stereocenters. The van der Waals surface area contributed by atoms with Gasteiger partial charge in [-0.15, -0.1) is 0 Å². The van der Waals surface area contributed by atoms with E-state index in [1.807, 2.05) is 13.2 Å². The molecule has 0 radical (unpaired) electrons. The average molecular weight is 296 g/mol. The van der Waals surface area contributed by atoms with Crippen molar-refractivity contribution in [3.05, 3.63) is 15.4 Å². The molecule has 98 valence electrons. The van der Waals surface area contributed by atoms with E-state index >= 15 is 0 Å². The van der Waals surface area contributed by atoms with E-state index in [2.05, 4.69) is 9.71 Å².